The minimum Gasteiger partial charge on any atom is -0.381 e. The number of hydrogen-bond donors (Lipinski definition) is 2. The van der Waals surface area contributed by atoms with Crippen LogP contribution in [0.5, 0.6) is 0 Å². The van der Waals surface area contributed by atoms with E-state index in [1.54, 1.807) is 0 Å². The van der Waals surface area contributed by atoms with Crippen molar-refractivity contribution in [1.29, 1.82) is 0 Å². The van der Waals surface area contributed by atoms with Gasteiger partial charge in [0.2, 0.25) is 0 Å². The van der Waals surface area contributed by atoms with Crippen LogP contribution in [0.15, 0.2) is 42.7 Å². The van der Waals surface area contributed by atoms with E-state index in [1.807, 2.05) is 42.7 Å². The highest BCUT2D eigenvalue weighted by molar-refractivity contribution is 5.55. The van der Waals surface area contributed by atoms with Crippen LogP contribution in [0.25, 0.3) is 11.4 Å². The van der Waals surface area contributed by atoms with Crippen LogP contribution in [0.1, 0.15) is 12.8 Å². The molecule has 1 aromatic carbocycles. The molecule has 2 heterocycles. The average Bonchev–Trinajstić information content (AvgIpc) is 3.00. The van der Waals surface area contributed by atoms with Crippen LogP contribution in [0.4, 0.5) is 5.69 Å². The van der Waals surface area contributed by atoms with Gasteiger partial charge in [0.15, 0.2) is 5.82 Å². The molecule has 1 saturated heterocycles. The van der Waals surface area contributed by atoms with E-state index in [-0.39, 0.29) is 0 Å². The smallest absolute Gasteiger partial charge is 0.159 e. The van der Waals surface area contributed by atoms with Crippen LogP contribution in [-0.2, 0) is 0 Å². The lowest BCUT2D eigenvalue weighted by atomic mass is 10.2. The highest BCUT2D eigenvalue weighted by Gasteiger charge is 2.13. The second-order valence-electron chi connectivity index (χ2n) is 4.84. The number of nitrogens with one attached hydrogen (secondary N) is 2. The monoisotopic (exact) mass is 254 g/mol. The molecule has 1 fully saturated rings. The zero-order chi connectivity index (χ0) is 12.9. The van der Waals surface area contributed by atoms with Crippen molar-refractivity contribution in [2.24, 2.45) is 0 Å². The van der Waals surface area contributed by atoms with Crippen molar-refractivity contribution in [3.63, 3.8) is 0 Å². The zero-order valence-electron chi connectivity index (χ0n) is 10.8. The van der Waals surface area contributed by atoms with Gasteiger partial charge in [-0.25, -0.2) is 9.97 Å². The molecule has 0 spiro atoms. The third-order valence-corrected chi connectivity index (χ3v) is 3.40. The van der Waals surface area contributed by atoms with Crippen molar-refractivity contribution in [2.75, 3.05) is 18.4 Å². The van der Waals surface area contributed by atoms with Gasteiger partial charge in [-0.1, -0.05) is 30.3 Å². The summed E-state index contributed by atoms with van der Waals surface area (Å²) in [6.45, 7) is 2.07. The number of rotatable bonds is 4. The van der Waals surface area contributed by atoms with E-state index in [0.29, 0.717) is 6.04 Å². The molecule has 0 saturated carbocycles. The first-order valence-corrected chi connectivity index (χ1v) is 6.76. The maximum atomic E-state index is 4.40. The molecular formula is C15H18N4. The molecule has 1 atom stereocenters. The van der Waals surface area contributed by atoms with Crippen molar-refractivity contribution < 1.29 is 0 Å². The predicted molar refractivity (Wildman–Crippen MR) is 77.0 cm³/mol. The molecule has 1 aliphatic heterocycles. The van der Waals surface area contributed by atoms with E-state index < -0.39 is 0 Å². The lowest BCUT2D eigenvalue weighted by molar-refractivity contribution is 0.633. The maximum Gasteiger partial charge on any atom is 0.159 e. The number of aromatic nitrogens is 2. The first-order valence-electron chi connectivity index (χ1n) is 6.76. The van der Waals surface area contributed by atoms with Gasteiger partial charge in [-0.05, 0) is 19.4 Å². The van der Waals surface area contributed by atoms with Gasteiger partial charge >= 0.3 is 0 Å². The molecule has 1 aliphatic rings. The Kier molecular flexibility index (Phi) is 3.70. The van der Waals surface area contributed by atoms with Crippen LogP contribution in [0.3, 0.4) is 0 Å². The highest BCUT2D eigenvalue weighted by Crippen LogP contribution is 2.15. The first kappa shape index (κ1) is 12.1. The van der Waals surface area contributed by atoms with Crippen LogP contribution in [0.2, 0.25) is 0 Å². The zero-order valence-corrected chi connectivity index (χ0v) is 10.8. The number of hydrogen-bond acceptors (Lipinski definition) is 4. The molecule has 2 aromatic rings. The van der Waals surface area contributed by atoms with E-state index in [4.69, 9.17) is 0 Å². The van der Waals surface area contributed by atoms with Gasteiger partial charge in [-0.15, -0.1) is 0 Å². The molecule has 0 bridgehead atoms. The molecule has 4 nitrogen and oxygen atoms in total. The molecule has 2 N–H and O–H groups in total. The van der Waals surface area contributed by atoms with Gasteiger partial charge in [0.25, 0.3) is 0 Å². The topological polar surface area (TPSA) is 49.8 Å². The summed E-state index contributed by atoms with van der Waals surface area (Å²) in [4.78, 5) is 8.80. The third-order valence-electron chi connectivity index (χ3n) is 3.40. The van der Waals surface area contributed by atoms with Gasteiger partial charge in [0, 0.05) is 18.2 Å². The molecule has 0 amide bonds. The fourth-order valence-electron chi connectivity index (χ4n) is 2.33. The summed E-state index contributed by atoms with van der Waals surface area (Å²) < 4.78 is 0. The predicted octanol–water partition coefficient (Wildman–Crippen LogP) is 2.31. The largest absolute Gasteiger partial charge is 0.381 e. The van der Waals surface area contributed by atoms with Crippen LogP contribution < -0.4 is 10.6 Å². The Bertz CT molecular complexity index is 503. The van der Waals surface area contributed by atoms with E-state index in [9.17, 15) is 0 Å². The van der Waals surface area contributed by atoms with Crippen molar-refractivity contribution in [3.8, 4) is 11.4 Å². The summed E-state index contributed by atoms with van der Waals surface area (Å²) in [5, 5.41) is 6.84. The third kappa shape index (κ3) is 3.09. The Morgan fingerprint density at radius 2 is 1.95 bits per heavy atom. The Hall–Kier alpha value is -1.94. The Morgan fingerprint density at radius 3 is 2.63 bits per heavy atom. The van der Waals surface area contributed by atoms with E-state index in [0.717, 1.165) is 30.2 Å². The summed E-state index contributed by atoms with van der Waals surface area (Å²) in [5.74, 6) is 0.769. The minimum absolute atomic E-state index is 0.578. The summed E-state index contributed by atoms with van der Waals surface area (Å²) in [6.07, 6.45) is 6.22. The van der Waals surface area contributed by atoms with Crippen LogP contribution in [-0.4, -0.2) is 29.1 Å². The second-order valence-corrected chi connectivity index (χ2v) is 4.84. The summed E-state index contributed by atoms with van der Waals surface area (Å²) in [7, 11) is 0. The molecule has 0 aliphatic carbocycles. The molecule has 1 aromatic heterocycles. The molecule has 3 rings (SSSR count). The number of benzene rings is 1. The Labute approximate surface area is 113 Å². The summed E-state index contributed by atoms with van der Waals surface area (Å²) in [5.41, 5.74) is 2.03. The summed E-state index contributed by atoms with van der Waals surface area (Å²) >= 11 is 0. The van der Waals surface area contributed by atoms with Gasteiger partial charge in [0.1, 0.15) is 0 Å². The quantitative estimate of drug-likeness (QED) is 0.879. The fourth-order valence-corrected chi connectivity index (χ4v) is 2.33. The molecule has 98 valence electrons. The van der Waals surface area contributed by atoms with Gasteiger partial charge in [-0.2, -0.15) is 0 Å². The average molecular weight is 254 g/mol. The lowest BCUT2D eigenvalue weighted by Gasteiger charge is -2.12. The Balaban J connectivity index is 1.62. The van der Waals surface area contributed by atoms with Crippen molar-refractivity contribution in [2.45, 2.75) is 18.9 Å². The van der Waals surface area contributed by atoms with Crippen LogP contribution >= 0.6 is 0 Å². The summed E-state index contributed by atoms with van der Waals surface area (Å²) in [6, 6.07) is 10.6. The van der Waals surface area contributed by atoms with E-state index in [2.05, 4.69) is 20.6 Å². The fraction of sp³-hybridized carbons (Fsp3) is 0.333. The Morgan fingerprint density at radius 1 is 1.16 bits per heavy atom. The lowest BCUT2D eigenvalue weighted by Crippen LogP contribution is -2.29. The normalized spacial score (nSPS) is 18.4. The van der Waals surface area contributed by atoms with Crippen LogP contribution in [0, 0.1) is 0 Å². The second kappa shape index (κ2) is 5.80. The number of nitrogens with zero attached hydrogens (tertiary/aromatic N) is 2. The van der Waals surface area contributed by atoms with Gasteiger partial charge in [0.05, 0.1) is 18.1 Å². The van der Waals surface area contributed by atoms with Gasteiger partial charge < -0.3 is 10.6 Å². The molecule has 19 heavy (non-hydrogen) atoms. The van der Waals surface area contributed by atoms with E-state index in [1.165, 1.54) is 12.8 Å². The molecule has 0 radical (unpaired) electrons. The first-order chi connectivity index (χ1) is 9.42. The van der Waals surface area contributed by atoms with Gasteiger partial charge in [-0.3, -0.25) is 0 Å². The van der Waals surface area contributed by atoms with Crippen molar-refractivity contribution in [3.05, 3.63) is 42.7 Å². The maximum absolute atomic E-state index is 4.40. The van der Waals surface area contributed by atoms with Crippen molar-refractivity contribution in [1.82, 2.24) is 15.3 Å². The molecular weight excluding hydrogens is 236 g/mol. The SMILES string of the molecule is c1ccc(-c2ncc(NCC3CCCN3)cn2)cc1. The van der Waals surface area contributed by atoms with Crippen molar-refractivity contribution >= 4 is 5.69 Å². The highest BCUT2D eigenvalue weighted by atomic mass is 15.0. The molecule has 4 heteroatoms. The minimum atomic E-state index is 0.578. The van der Waals surface area contributed by atoms with E-state index >= 15 is 0 Å². The number of anilines is 1. The standard InChI is InChI=1S/C15H18N4/c1-2-5-12(6-3-1)15-18-10-14(11-19-15)17-9-13-7-4-8-16-13/h1-3,5-6,10-11,13,16-17H,4,7-9H2. The molecule has 1 unspecified atom stereocenters.